The van der Waals surface area contributed by atoms with Gasteiger partial charge in [0.15, 0.2) is 16.4 Å². The van der Waals surface area contributed by atoms with Gasteiger partial charge in [0.05, 0.1) is 53.9 Å². The first kappa shape index (κ1) is 34.1. The molecule has 2 aliphatic rings. The number of carboxylic acid groups (broad SMARTS) is 1. The van der Waals surface area contributed by atoms with Crippen molar-refractivity contribution >= 4 is 36.8 Å². The van der Waals surface area contributed by atoms with E-state index in [-0.39, 0.29) is 0 Å². The molecule has 21 heteroatoms. The van der Waals surface area contributed by atoms with Crippen molar-refractivity contribution in [1.29, 1.82) is 0 Å². The summed E-state index contributed by atoms with van der Waals surface area (Å²) >= 11 is 0. The van der Waals surface area contributed by atoms with E-state index < -0.39 is 129 Å². The lowest BCUT2D eigenvalue weighted by Crippen LogP contribution is -2.60. The summed E-state index contributed by atoms with van der Waals surface area (Å²) in [6.07, 6.45) is -7.60. The van der Waals surface area contributed by atoms with E-state index in [0.717, 1.165) is 0 Å². The molecule has 0 aliphatic carbocycles. The van der Waals surface area contributed by atoms with Crippen LogP contribution in [-0.2, 0) is 54.0 Å². The molecular weight excluding hydrogens is 598 g/mol. The van der Waals surface area contributed by atoms with Gasteiger partial charge >= 0.3 is 5.97 Å². The van der Waals surface area contributed by atoms with Crippen molar-refractivity contribution in [2.45, 2.75) is 50.4 Å². The van der Waals surface area contributed by atoms with Gasteiger partial charge in [-0.1, -0.05) is 13.8 Å². The molecule has 0 aromatic rings. The van der Waals surface area contributed by atoms with Gasteiger partial charge in [-0.2, -0.15) is 0 Å². The number of rotatable bonds is 13. The van der Waals surface area contributed by atoms with Crippen LogP contribution >= 0.6 is 0 Å². The Kier molecular flexibility index (Phi) is 11.6. The second-order valence-electron chi connectivity index (χ2n) is 9.39. The predicted octanol–water partition coefficient (Wildman–Crippen LogP) is -4.08. The summed E-state index contributed by atoms with van der Waals surface area (Å²) in [5.41, 5.74) is 0. The third-order valence-corrected chi connectivity index (χ3v) is 8.60. The van der Waals surface area contributed by atoms with E-state index in [2.05, 4.69) is 4.18 Å². The largest absolute Gasteiger partial charge is 0.748 e. The molecule has 0 bridgehead atoms. The summed E-state index contributed by atoms with van der Waals surface area (Å²) in [4.78, 5) is 11.7. The van der Waals surface area contributed by atoms with Gasteiger partial charge in [-0.05, 0) is 11.8 Å². The van der Waals surface area contributed by atoms with Gasteiger partial charge < -0.3 is 43.2 Å². The molecule has 2 saturated heterocycles. The van der Waals surface area contributed by atoms with E-state index in [4.69, 9.17) is 14.2 Å². The van der Waals surface area contributed by atoms with E-state index in [9.17, 15) is 59.0 Å². The van der Waals surface area contributed by atoms with Crippen molar-refractivity contribution in [3.63, 3.8) is 0 Å². The number of aliphatic hydroxyl groups is 2. The fourth-order valence-electron chi connectivity index (χ4n) is 4.95. The van der Waals surface area contributed by atoms with Crippen molar-refractivity contribution in [1.82, 2.24) is 4.72 Å². The van der Waals surface area contributed by atoms with Crippen molar-refractivity contribution in [2.24, 2.45) is 23.7 Å². The zero-order valence-electron chi connectivity index (χ0n) is 20.6. The maximum atomic E-state index is 11.7. The van der Waals surface area contributed by atoms with Crippen LogP contribution in [0.2, 0.25) is 0 Å². The number of aliphatic carboxylic acids is 1. The predicted molar refractivity (Wildman–Crippen MR) is 121 cm³/mol. The van der Waals surface area contributed by atoms with Crippen LogP contribution in [0.1, 0.15) is 13.8 Å². The Bertz CT molecular complexity index is 1160. The lowest BCUT2D eigenvalue weighted by molar-refractivity contribution is -0.207. The molecule has 4 unspecified atom stereocenters. The Morgan fingerprint density at radius 2 is 1.49 bits per heavy atom. The van der Waals surface area contributed by atoms with Gasteiger partial charge in [-0.15, -0.1) is 0 Å². The summed E-state index contributed by atoms with van der Waals surface area (Å²) in [5, 5.41) is 28.7. The molecule has 2 rings (SSSR count). The highest BCUT2D eigenvalue weighted by molar-refractivity contribution is 7.85. The minimum Gasteiger partial charge on any atom is -0.748 e. The van der Waals surface area contributed by atoms with Crippen LogP contribution in [0.3, 0.4) is 0 Å². The number of carbonyl (C=O) groups is 1. The third kappa shape index (κ3) is 9.76. The Labute approximate surface area is 225 Å². The Morgan fingerprint density at radius 1 is 0.872 bits per heavy atom. The van der Waals surface area contributed by atoms with Crippen LogP contribution in [0.15, 0.2) is 0 Å². The lowest BCUT2D eigenvalue weighted by atomic mass is 9.79. The van der Waals surface area contributed by atoms with E-state index in [0.29, 0.717) is 0 Å². The molecule has 39 heavy (non-hydrogen) atoms. The van der Waals surface area contributed by atoms with Crippen LogP contribution in [0.25, 0.3) is 0 Å². The van der Waals surface area contributed by atoms with Gasteiger partial charge in [-0.3, -0.25) is 4.18 Å². The molecule has 0 aromatic carbocycles. The monoisotopic (exact) mass is 628 g/mol. The SMILES string of the molecule is C[C@H]1C(OS(=O)(=O)[O-])[C@H](COC[C@@H]2C(CS(=O)(=O)[O-])O[C@H](CO)C(NS(=O)(=O)[O-])[C@@H]2C)OC(C(=O)O)[C@H]1CO. The van der Waals surface area contributed by atoms with E-state index in [1.54, 1.807) is 4.72 Å². The second-order valence-corrected chi connectivity index (χ2v) is 13.0. The molecule has 18 nitrogen and oxygen atoms in total. The minimum atomic E-state index is -5.33. The number of carboxylic acids is 1. The highest BCUT2D eigenvalue weighted by Crippen LogP contribution is 2.35. The van der Waals surface area contributed by atoms with Crippen LogP contribution in [-0.4, -0.2) is 129 Å². The highest BCUT2D eigenvalue weighted by atomic mass is 32.3. The smallest absolute Gasteiger partial charge is 0.333 e. The van der Waals surface area contributed by atoms with Crippen LogP contribution in [0.4, 0.5) is 0 Å². The summed E-state index contributed by atoms with van der Waals surface area (Å²) in [7, 11) is -15.3. The maximum Gasteiger partial charge on any atom is 0.333 e. The van der Waals surface area contributed by atoms with E-state index in [1.165, 1.54) is 13.8 Å². The van der Waals surface area contributed by atoms with Gasteiger partial charge in [0.25, 0.3) is 0 Å². The molecular formula is C18H30NO17S3-3. The Balaban J connectivity index is 2.30. The zero-order chi connectivity index (χ0) is 29.9. The number of hydrogen-bond acceptors (Lipinski definition) is 16. The Hall–Kier alpha value is -1.08. The number of ether oxygens (including phenoxy) is 3. The van der Waals surface area contributed by atoms with Gasteiger partial charge in [0, 0.05) is 18.4 Å². The quantitative estimate of drug-likeness (QED) is 0.111. The topological polar surface area (TPSA) is 298 Å². The molecule has 230 valence electrons. The van der Waals surface area contributed by atoms with E-state index >= 15 is 0 Å². The van der Waals surface area contributed by atoms with Gasteiger partial charge in [0.1, 0.15) is 12.2 Å². The van der Waals surface area contributed by atoms with Crippen LogP contribution in [0, 0.1) is 23.7 Å². The van der Waals surface area contributed by atoms with Crippen molar-refractivity contribution in [3.8, 4) is 0 Å². The van der Waals surface area contributed by atoms with Crippen molar-refractivity contribution in [2.75, 3.05) is 32.2 Å². The first-order valence-electron chi connectivity index (χ1n) is 11.4. The van der Waals surface area contributed by atoms with E-state index in [1.807, 2.05) is 0 Å². The van der Waals surface area contributed by atoms with Gasteiger partial charge in [0.2, 0.25) is 10.4 Å². The summed E-state index contributed by atoms with van der Waals surface area (Å²) in [5.74, 6) is -6.92. The lowest BCUT2D eigenvalue weighted by Gasteiger charge is -2.46. The summed E-state index contributed by atoms with van der Waals surface area (Å²) in [6.45, 7) is -0.0803. The van der Waals surface area contributed by atoms with Crippen molar-refractivity contribution in [3.05, 3.63) is 0 Å². The molecule has 2 heterocycles. The van der Waals surface area contributed by atoms with Gasteiger partial charge in [-0.25, -0.2) is 34.8 Å². The molecule has 10 atom stereocenters. The Morgan fingerprint density at radius 3 is 1.95 bits per heavy atom. The zero-order valence-corrected chi connectivity index (χ0v) is 23.0. The average molecular weight is 629 g/mol. The average Bonchev–Trinajstić information content (AvgIpc) is 2.76. The molecule has 0 radical (unpaired) electrons. The minimum absolute atomic E-state index is 0.525. The molecule has 0 saturated carbocycles. The first-order valence-corrected chi connectivity index (χ1v) is 15.7. The van der Waals surface area contributed by atoms with Crippen LogP contribution in [0.5, 0.6) is 0 Å². The molecule has 2 aliphatic heterocycles. The molecule has 4 N–H and O–H groups in total. The highest BCUT2D eigenvalue weighted by Gasteiger charge is 2.49. The number of hydrogen-bond donors (Lipinski definition) is 4. The maximum absolute atomic E-state index is 11.7. The first-order chi connectivity index (χ1) is 17.8. The van der Waals surface area contributed by atoms with Crippen molar-refractivity contribution < 1.29 is 77.4 Å². The number of aliphatic hydroxyl groups excluding tert-OH is 2. The third-order valence-electron chi connectivity index (χ3n) is 6.84. The fraction of sp³-hybridized carbons (Fsp3) is 0.944. The standard InChI is InChI=1S/C18H33NO17S3/c1-8-11(14(7-37(24,25)26)34-12(4-21)15(8)19-38(27,28)29)5-33-6-13-16(36-39(30,31)32)9(2)10(3-20)17(35-13)18(22)23/h8-17,19-21H,3-7H2,1-2H3,(H,22,23)(H,24,25,26)(H,27,28,29)(H,30,31,32)/p-3/t8-,9-,10+,11+,12-,13+,14?,15?,16?,17?/m1/s1. The normalized spacial score (nSPS) is 36.5. The molecule has 0 spiro atoms. The molecule has 0 aromatic heterocycles. The van der Waals surface area contributed by atoms with Crippen LogP contribution < -0.4 is 4.72 Å². The fourth-order valence-corrected chi connectivity index (χ4v) is 6.95. The molecule has 0 amide bonds. The summed E-state index contributed by atoms with van der Waals surface area (Å²) in [6, 6.07) is -1.37. The second kappa shape index (κ2) is 13.3. The molecule has 2 fully saturated rings. The number of nitrogens with one attached hydrogen (secondary N) is 1. The summed E-state index contributed by atoms with van der Waals surface area (Å²) < 4.78 is 125.